The van der Waals surface area contributed by atoms with Crippen molar-refractivity contribution in [2.45, 2.75) is 40.5 Å². The maximum absolute atomic E-state index is 11.3. The van der Waals surface area contributed by atoms with Gasteiger partial charge in [-0.2, -0.15) is 0 Å². The molecule has 16 heavy (non-hydrogen) atoms. The van der Waals surface area contributed by atoms with Crippen LogP contribution in [-0.4, -0.2) is 30.0 Å². The van der Waals surface area contributed by atoms with Crippen LogP contribution in [0.3, 0.4) is 0 Å². The molecule has 0 spiro atoms. The molecule has 0 aromatic heterocycles. The molecule has 0 aliphatic carbocycles. The van der Waals surface area contributed by atoms with Gasteiger partial charge in [-0.3, -0.25) is 9.28 Å². The van der Waals surface area contributed by atoms with Gasteiger partial charge in [0.2, 0.25) is 5.91 Å². The summed E-state index contributed by atoms with van der Waals surface area (Å²) in [5, 5.41) is 0. The number of halogens is 1. The van der Waals surface area contributed by atoms with Gasteiger partial charge < -0.3 is 18.1 Å². The number of quaternary nitrogens is 1. The number of hydrogen-bond donors (Lipinski definition) is 1. The summed E-state index contributed by atoms with van der Waals surface area (Å²) in [6.07, 6.45) is 3.81. The predicted molar refractivity (Wildman–Crippen MR) is 64.1 cm³/mol. The first-order valence-corrected chi connectivity index (χ1v) is 5.92. The largest absolute Gasteiger partial charge is 1.00 e. The molecule has 0 aromatic rings. The molecule has 0 aliphatic heterocycles. The summed E-state index contributed by atoms with van der Waals surface area (Å²) in [6, 6.07) is 0. The zero-order valence-electron chi connectivity index (χ0n) is 10.9. The van der Waals surface area contributed by atoms with Crippen LogP contribution in [0.5, 0.6) is 0 Å². The Kier molecular flexibility index (Phi) is 9.58. The summed E-state index contributed by atoms with van der Waals surface area (Å²) in [5.41, 5.74) is 6.16. The highest BCUT2D eigenvalue weighted by atomic mass is 35.5. The molecule has 2 N–H and O–H groups in total. The number of nitrogens with two attached hydrogens (primary N) is 1. The molecule has 0 saturated carbocycles. The Morgan fingerprint density at radius 1 is 1.12 bits per heavy atom. The summed E-state index contributed by atoms with van der Waals surface area (Å²) in [6.45, 7) is 11.5. The first kappa shape index (κ1) is 17.8. The number of rotatable bonds is 7. The average molecular weight is 249 g/mol. The van der Waals surface area contributed by atoms with Gasteiger partial charge in [0.25, 0.3) is 0 Å². The van der Waals surface area contributed by atoms with Crippen LogP contribution in [0.25, 0.3) is 0 Å². The van der Waals surface area contributed by atoms with E-state index in [1.165, 1.54) is 0 Å². The third kappa shape index (κ3) is 4.99. The van der Waals surface area contributed by atoms with Gasteiger partial charge in [0.05, 0.1) is 25.2 Å². The summed E-state index contributed by atoms with van der Waals surface area (Å²) in [4.78, 5) is 11.3. The Hall–Kier alpha value is -0.540. The van der Waals surface area contributed by atoms with Crippen molar-refractivity contribution in [2.24, 2.45) is 5.73 Å². The van der Waals surface area contributed by atoms with Gasteiger partial charge in [0, 0.05) is 0 Å². The molecule has 0 saturated heterocycles. The minimum Gasteiger partial charge on any atom is -1.00 e. The van der Waals surface area contributed by atoms with Gasteiger partial charge in [0.15, 0.2) is 0 Å². The molecule has 0 radical (unpaired) electrons. The molecule has 0 aromatic carbocycles. The van der Waals surface area contributed by atoms with E-state index in [0.29, 0.717) is 0 Å². The minimum absolute atomic E-state index is 0. The zero-order valence-corrected chi connectivity index (χ0v) is 11.7. The van der Waals surface area contributed by atoms with Crippen LogP contribution in [0.4, 0.5) is 0 Å². The van der Waals surface area contributed by atoms with Crippen molar-refractivity contribution in [1.29, 1.82) is 0 Å². The van der Waals surface area contributed by atoms with Crippen LogP contribution in [-0.2, 0) is 4.79 Å². The third-order valence-corrected chi connectivity index (χ3v) is 3.15. The number of nitrogens with zero attached hydrogens (tertiary/aromatic N) is 1. The summed E-state index contributed by atoms with van der Waals surface area (Å²) >= 11 is 0. The maximum Gasteiger partial charge on any atom is 0.249 e. The Morgan fingerprint density at radius 3 is 1.81 bits per heavy atom. The molecule has 96 valence electrons. The topological polar surface area (TPSA) is 43.1 Å². The molecule has 0 rings (SSSR count). The molecule has 3 nitrogen and oxygen atoms in total. The van der Waals surface area contributed by atoms with E-state index < -0.39 is 0 Å². The smallest absolute Gasteiger partial charge is 0.249 e. The lowest BCUT2D eigenvalue weighted by Crippen LogP contribution is -3.00. The fourth-order valence-corrected chi connectivity index (χ4v) is 1.80. The highest BCUT2D eigenvalue weighted by molar-refractivity contribution is 5.91. The van der Waals surface area contributed by atoms with E-state index in [-0.39, 0.29) is 18.3 Å². The van der Waals surface area contributed by atoms with Crippen molar-refractivity contribution >= 4 is 5.91 Å². The number of amides is 1. The molecule has 0 fully saturated rings. The van der Waals surface area contributed by atoms with Crippen molar-refractivity contribution in [3.63, 3.8) is 0 Å². The fourth-order valence-electron chi connectivity index (χ4n) is 1.80. The SMILES string of the molecule is CCCC(=C[N+](CC)(CC)CC)C(N)=O.[Cl-]. The predicted octanol–water partition coefficient (Wildman–Crippen LogP) is -0.964. The Morgan fingerprint density at radius 2 is 1.56 bits per heavy atom. The van der Waals surface area contributed by atoms with Crippen molar-refractivity contribution in [2.75, 3.05) is 19.6 Å². The van der Waals surface area contributed by atoms with E-state index in [4.69, 9.17) is 5.73 Å². The van der Waals surface area contributed by atoms with E-state index in [2.05, 4.69) is 33.9 Å². The lowest BCUT2D eigenvalue weighted by molar-refractivity contribution is -0.874. The second-order valence-corrected chi connectivity index (χ2v) is 3.94. The maximum atomic E-state index is 11.3. The molecule has 0 aliphatic rings. The summed E-state index contributed by atoms with van der Waals surface area (Å²) in [5.74, 6) is -0.269. The molecule has 1 amide bonds. The van der Waals surface area contributed by atoms with Gasteiger partial charge >= 0.3 is 0 Å². The van der Waals surface area contributed by atoms with Crippen molar-refractivity contribution in [3.8, 4) is 0 Å². The Balaban J connectivity index is 0. The first-order chi connectivity index (χ1) is 7.05. The second kappa shape index (κ2) is 8.59. The quantitative estimate of drug-likeness (QED) is 0.458. The molecule has 4 heteroatoms. The van der Waals surface area contributed by atoms with Crippen LogP contribution in [0.1, 0.15) is 40.5 Å². The van der Waals surface area contributed by atoms with Gasteiger partial charge in [-0.1, -0.05) is 13.3 Å². The van der Waals surface area contributed by atoms with Gasteiger partial charge in [0.1, 0.15) is 6.20 Å². The van der Waals surface area contributed by atoms with Crippen LogP contribution in [0, 0.1) is 0 Å². The Bertz CT molecular complexity index is 227. The normalized spacial score (nSPS) is 12.1. The number of carbonyl (C=O) groups excluding carboxylic acids is 1. The molecular formula is C12H25ClN2O. The fraction of sp³-hybridized carbons (Fsp3) is 0.750. The first-order valence-electron chi connectivity index (χ1n) is 5.92. The lowest BCUT2D eigenvalue weighted by Gasteiger charge is -2.32. The molecule has 0 unspecified atom stereocenters. The van der Waals surface area contributed by atoms with Crippen LogP contribution < -0.4 is 18.1 Å². The van der Waals surface area contributed by atoms with Crippen molar-refractivity contribution < 1.29 is 21.7 Å². The second-order valence-electron chi connectivity index (χ2n) is 3.94. The van der Waals surface area contributed by atoms with Gasteiger partial charge in [-0.25, -0.2) is 0 Å². The average Bonchev–Trinajstić information content (AvgIpc) is 2.24. The third-order valence-electron chi connectivity index (χ3n) is 3.15. The lowest BCUT2D eigenvalue weighted by atomic mass is 10.1. The molecule has 0 atom stereocenters. The number of carbonyl (C=O) groups is 1. The molecule has 0 bridgehead atoms. The van der Waals surface area contributed by atoms with E-state index in [9.17, 15) is 4.79 Å². The number of hydrogen-bond acceptors (Lipinski definition) is 1. The summed E-state index contributed by atoms with van der Waals surface area (Å²) < 4.78 is 0.846. The van der Waals surface area contributed by atoms with Gasteiger partial charge in [-0.05, 0) is 27.2 Å². The Labute approximate surface area is 106 Å². The molecular weight excluding hydrogens is 224 g/mol. The van der Waals surface area contributed by atoms with E-state index in [1.54, 1.807) is 0 Å². The monoisotopic (exact) mass is 248 g/mol. The van der Waals surface area contributed by atoms with E-state index >= 15 is 0 Å². The van der Waals surface area contributed by atoms with Gasteiger partial charge in [-0.15, -0.1) is 0 Å². The van der Waals surface area contributed by atoms with Crippen LogP contribution in [0.15, 0.2) is 11.8 Å². The number of primary amides is 1. The van der Waals surface area contributed by atoms with Crippen LogP contribution in [0.2, 0.25) is 0 Å². The highest BCUT2D eigenvalue weighted by Crippen LogP contribution is 2.13. The van der Waals surface area contributed by atoms with E-state index in [1.807, 2.05) is 0 Å². The highest BCUT2D eigenvalue weighted by Gasteiger charge is 2.20. The summed E-state index contributed by atoms with van der Waals surface area (Å²) in [7, 11) is 0. The molecule has 0 heterocycles. The minimum atomic E-state index is -0.269. The van der Waals surface area contributed by atoms with Crippen molar-refractivity contribution in [3.05, 3.63) is 11.8 Å². The van der Waals surface area contributed by atoms with Crippen molar-refractivity contribution in [1.82, 2.24) is 0 Å². The van der Waals surface area contributed by atoms with Crippen LogP contribution >= 0.6 is 0 Å². The standard InChI is InChI=1S/C12H24N2O.ClH/c1-5-9-11(12(13)15)10-14(6-2,7-3)8-4;/h10H,5-9H2,1-4H3,(H-,13,15);1H. The zero-order chi connectivity index (χ0) is 11.9. The van der Waals surface area contributed by atoms with E-state index in [0.717, 1.165) is 42.5 Å².